The van der Waals surface area contributed by atoms with Crippen LogP contribution in [0.25, 0.3) is 0 Å². The number of nitrogens with one attached hydrogen (secondary N) is 2. The Kier molecular flexibility index (Phi) is 4.55. The molecule has 0 spiro atoms. The van der Waals surface area contributed by atoms with E-state index in [0.717, 1.165) is 14.9 Å². The molecule has 118 valence electrons. The van der Waals surface area contributed by atoms with Crippen LogP contribution in [0.1, 0.15) is 25.8 Å². The van der Waals surface area contributed by atoms with Crippen LogP contribution in [0.15, 0.2) is 22.7 Å². The topological polar surface area (TPSA) is 78.5 Å². The van der Waals surface area contributed by atoms with Crippen molar-refractivity contribution in [3.63, 3.8) is 0 Å². The van der Waals surface area contributed by atoms with E-state index in [-0.39, 0.29) is 12.5 Å². The molecule has 1 aliphatic rings. The fourth-order valence-corrected chi connectivity index (χ4v) is 2.78. The van der Waals surface area contributed by atoms with Gasteiger partial charge in [-0.1, -0.05) is 13.0 Å². The lowest BCUT2D eigenvalue weighted by Gasteiger charge is -2.19. The Hall–Kier alpha value is -1.89. The third-order valence-electron chi connectivity index (χ3n) is 3.75. The van der Waals surface area contributed by atoms with Crippen molar-refractivity contribution in [3.05, 3.63) is 28.2 Å². The number of rotatable bonds is 4. The summed E-state index contributed by atoms with van der Waals surface area (Å²) in [4.78, 5) is 37.1. The number of carbonyl (C=O) groups excluding carboxylic acids is 3. The number of carbonyl (C=O) groups is 3. The summed E-state index contributed by atoms with van der Waals surface area (Å²) < 4.78 is 0.747. The molecule has 0 radical (unpaired) electrons. The smallest absolute Gasteiger partial charge is 0.323 e. The molecule has 1 aromatic rings. The Morgan fingerprint density at radius 3 is 2.64 bits per heavy atom. The molecule has 0 unspecified atom stereocenters. The molecular weight excluding hydrogens is 350 g/mol. The maximum atomic E-state index is 12.2. The second-order valence-electron chi connectivity index (χ2n) is 5.54. The van der Waals surface area contributed by atoms with Crippen molar-refractivity contribution < 1.29 is 14.4 Å². The predicted molar refractivity (Wildman–Crippen MR) is 86.4 cm³/mol. The van der Waals surface area contributed by atoms with Crippen LogP contribution in [-0.4, -0.2) is 34.8 Å². The molecule has 1 heterocycles. The number of halogens is 1. The minimum atomic E-state index is -0.929. The van der Waals surface area contributed by atoms with Gasteiger partial charge >= 0.3 is 6.03 Å². The summed E-state index contributed by atoms with van der Waals surface area (Å²) in [5.74, 6) is -0.800. The zero-order valence-electron chi connectivity index (χ0n) is 12.7. The Bertz CT molecular complexity index is 647. The number of hydrogen-bond acceptors (Lipinski definition) is 3. The number of anilines is 1. The lowest BCUT2D eigenvalue weighted by molar-refractivity contribution is -0.133. The second kappa shape index (κ2) is 6.08. The molecule has 0 aromatic heterocycles. The van der Waals surface area contributed by atoms with Crippen molar-refractivity contribution in [1.29, 1.82) is 0 Å². The zero-order chi connectivity index (χ0) is 16.5. The van der Waals surface area contributed by atoms with Crippen LogP contribution in [0, 0.1) is 6.92 Å². The molecule has 4 amide bonds. The van der Waals surface area contributed by atoms with Gasteiger partial charge < -0.3 is 10.6 Å². The number of nitrogens with zero attached hydrogens (tertiary/aromatic N) is 1. The Balaban J connectivity index is 2.06. The van der Waals surface area contributed by atoms with Crippen molar-refractivity contribution in [2.45, 2.75) is 32.7 Å². The van der Waals surface area contributed by atoms with Gasteiger partial charge in [0, 0.05) is 4.47 Å². The van der Waals surface area contributed by atoms with E-state index in [4.69, 9.17) is 0 Å². The third-order valence-corrected chi connectivity index (χ3v) is 4.41. The predicted octanol–water partition coefficient (Wildman–Crippen LogP) is 2.42. The summed E-state index contributed by atoms with van der Waals surface area (Å²) >= 11 is 3.37. The first-order valence-electron chi connectivity index (χ1n) is 6.97. The lowest BCUT2D eigenvalue weighted by Crippen LogP contribution is -2.44. The molecule has 1 atom stereocenters. The molecule has 2 N–H and O–H groups in total. The quantitative estimate of drug-likeness (QED) is 0.802. The third kappa shape index (κ3) is 3.14. The van der Waals surface area contributed by atoms with Crippen molar-refractivity contribution in [1.82, 2.24) is 10.2 Å². The van der Waals surface area contributed by atoms with Gasteiger partial charge in [0.25, 0.3) is 5.91 Å². The van der Waals surface area contributed by atoms with Crippen molar-refractivity contribution in [3.8, 4) is 0 Å². The molecule has 1 fully saturated rings. The van der Waals surface area contributed by atoms with Crippen LogP contribution in [0.4, 0.5) is 10.5 Å². The number of amides is 4. The van der Waals surface area contributed by atoms with Gasteiger partial charge in [0.1, 0.15) is 12.1 Å². The van der Waals surface area contributed by atoms with Crippen LogP contribution in [0.2, 0.25) is 0 Å². The fourth-order valence-electron chi connectivity index (χ4n) is 2.19. The molecule has 6 nitrogen and oxygen atoms in total. The molecule has 22 heavy (non-hydrogen) atoms. The summed E-state index contributed by atoms with van der Waals surface area (Å²) in [5, 5.41) is 5.31. The van der Waals surface area contributed by atoms with Crippen LogP contribution in [-0.2, 0) is 9.59 Å². The van der Waals surface area contributed by atoms with E-state index in [1.54, 1.807) is 13.0 Å². The SMILES string of the molecule is CC[C@@]1(C)NC(=O)N(CC(=O)Nc2ccc(C)cc2Br)C1=O. The molecule has 1 aromatic carbocycles. The van der Waals surface area contributed by atoms with Gasteiger partial charge in [-0.05, 0) is 53.9 Å². The largest absolute Gasteiger partial charge is 0.325 e. The Morgan fingerprint density at radius 2 is 2.09 bits per heavy atom. The highest BCUT2D eigenvalue weighted by Gasteiger charge is 2.46. The molecule has 1 saturated heterocycles. The van der Waals surface area contributed by atoms with Gasteiger partial charge in [0.15, 0.2) is 0 Å². The molecule has 0 bridgehead atoms. The van der Waals surface area contributed by atoms with Gasteiger partial charge in [-0.2, -0.15) is 0 Å². The first-order chi connectivity index (χ1) is 10.3. The van der Waals surface area contributed by atoms with Crippen molar-refractivity contribution >= 4 is 39.5 Å². The monoisotopic (exact) mass is 367 g/mol. The van der Waals surface area contributed by atoms with Gasteiger partial charge in [-0.3, -0.25) is 14.5 Å². The van der Waals surface area contributed by atoms with Crippen LogP contribution >= 0.6 is 15.9 Å². The molecule has 0 aliphatic carbocycles. The van der Waals surface area contributed by atoms with Crippen LogP contribution in [0.5, 0.6) is 0 Å². The molecule has 7 heteroatoms. The highest BCUT2D eigenvalue weighted by Crippen LogP contribution is 2.24. The summed E-state index contributed by atoms with van der Waals surface area (Å²) in [7, 11) is 0. The second-order valence-corrected chi connectivity index (χ2v) is 6.39. The number of aryl methyl sites for hydroxylation is 1. The molecular formula is C15H18BrN3O3. The Labute approximate surface area is 137 Å². The van der Waals surface area contributed by atoms with Gasteiger partial charge in [0.2, 0.25) is 5.91 Å². The normalized spacial score (nSPS) is 21.0. The minimum Gasteiger partial charge on any atom is -0.323 e. The summed E-state index contributed by atoms with van der Waals surface area (Å²) in [6.45, 7) is 5.10. The van der Waals surface area contributed by atoms with Gasteiger partial charge in [0.05, 0.1) is 5.69 Å². The fraction of sp³-hybridized carbons (Fsp3) is 0.400. The average Bonchev–Trinajstić information content (AvgIpc) is 2.66. The lowest BCUT2D eigenvalue weighted by atomic mass is 9.99. The minimum absolute atomic E-state index is 0.305. The number of imide groups is 1. The van der Waals surface area contributed by atoms with Gasteiger partial charge in [-0.15, -0.1) is 0 Å². The highest BCUT2D eigenvalue weighted by molar-refractivity contribution is 9.10. The van der Waals surface area contributed by atoms with E-state index < -0.39 is 17.5 Å². The van der Waals surface area contributed by atoms with E-state index in [0.29, 0.717) is 12.1 Å². The zero-order valence-corrected chi connectivity index (χ0v) is 14.3. The number of hydrogen-bond donors (Lipinski definition) is 2. The van der Waals surface area contributed by atoms with E-state index in [1.807, 2.05) is 26.0 Å². The van der Waals surface area contributed by atoms with E-state index in [1.165, 1.54) is 0 Å². The van der Waals surface area contributed by atoms with E-state index >= 15 is 0 Å². The molecule has 2 rings (SSSR count). The van der Waals surface area contributed by atoms with E-state index in [9.17, 15) is 14.4 Å². The maximum Gasteiger partial charge on any atom is 0.325 e. The molecule has 0 saturated carbocycles. The summed E-state index contributed by atoms with van der Waals surface area (Å²) in [6, 6.07) is 4.96. The summed E-state index contributed by atoms with van der Waals surface area (Å²) in [6.07, 6.45) is 0.471. The standard InChI is InChI=1S/C15H18BrN3O3/c1-4-15(3)13(21)19(14(22)18-15)8-12(20)17-11-6-5-9(2)7-10(11)16/h5-7H,4,8H2,1-3H3,(H,17,20)(H,18,22)/t15-/m1/s1. The van der Waals surface area contributed by atoms with Crippen molar-refractivity contribution in [2.24, 2.45) is 0 Å². The van der Waals surface area contributed by atoms with Gasteiger partial charge in [-0.25, -0.2) is 4.79 Å². The Morgan fingerprint density at radius 1 is 1.41 bits per heavy atom. The maximum absolute atomic E-state index is 12.2. The summed E-state index contributed by atoms with van der Waals surface area (Å²) in [5.41, 5.74) is 0.723. The average molecular weight is 368 g/mol. The number of urea groups is 1. The highest BCUT2D eigenvalue weighted by atomic mass is 79.9. The molecule has 1 aliphatic heterocycles. The number of benzene rings is 1. The van der Waals surface area contributed by atoms with Crippen molar-refractivity contribution in [2.75, 3.05) is 11.9 Å². The first kappa shape index (κ1) is 16.5. The van der Waals surface area contributed by atoms with E-state index in [2.05, 4.69) is 26.6 Å². The first-order valence-corrected chi connectivity index (χ1v) is 7.76. The van der Waals surface area contributed by atoms with Crippen LogP contribution < -0.4 is 10.6 Å². The van der Waals surface area contributed by atoms with Crippen LogP contribution in [0.3, 0.4) is 0 Å².